The Hall–Kier alpha value is -1.80. The Bertz CT molecular complexity index is 549. The summed E-state index contributed by atoms with van der Waals surface area (Å²) in [6.07, 6.45) is 1.49. The first-order valence-electron chi connectivity index (χ1n) is 5.30. The maximum Gasteiger partial charge on any atom is 0.216 e. The Balaban J connectivity index is 2.40. The van der Waals surface area contributed by atoms with Gasteiger partial charge in [-0.15, -0.1) is 0 Å². The zero-order chi connectivity index (χ0) is 12.3. The minimum Gasteiger partial charge on any atom is -0.618 e. The van der Waals surface area contributed by atoms with Crippen molar-refractivity contribution in [3.05, 3.63) is 69.9 Å². The molecule has 0 bridgehead atoms. The number of rotatable bonds is 2. The molecule has 86 valence electrons. The number of aryl methyl sites for hydroxylation is 1. The monoisotopic (exact) mass is 245 g/mol. The van der Waals surface area contributed by atoms with Crippen LogP contribution in [0.4, 0.5) is 5.69 Å². The lowest BCUT2D eigenvalue weighted by Gasteiger charge is -2.04. The van der Waals surface area contributed by atoms with Crippen LogP contribution in [0.25, 0.3) is 0 Å². The standard InChI is InChI=1S/C14H12ClNO/c1-11-6-5-7-12(14(11)15)10-16(17)13-8-3-2-4-9-13/h2-10H,1H3. The van der Waals surface area contributed by atoms with Crippen LogP contribution in [0.15, 0.2) is 48.5 Å². The normalized spacial score (nSPS) is 11.5. The molecule has 0 unspecified atom stereocenters. The highest BCUT2D eigenvalue weighted by molar-refractivity contribution is 6.33. The van der Waals surface area contributed by atoms with Crippen molar-refractivity contribution >= 4 is 23.5 Å². The fraction of sp³-hybridized carbons (Fsp3) is 0.0714. The molecule has 0 amide bonds. The number of halogens is 1. The fourth-order valence-electron chi connectivity index (χ4n) is 1.55. The van der Waals surface area contributed by atoms with Crippen molar-refractivity contribution in [2.45, 2.75) is 6.92 Å². The molecule has 2 aromatic carbocycles. The van der Waals surface area contributed by atoms with E-state index in [-0.39, 0.29) is 0 Å². The van der Waals surface area contributed by atoms with Gasteiger partial charge in [0.05, 0.1) is 10.6 Å². The van der Waals surface area contributed by atoms with Gasteiger partial charge in [0, 0.05) is 12.1 Å². The highest BCUT2D eigenvalue weighted by Crippen LogP contribution is 2.19. The zero-order valence-electron chi connectivity index (χ0n) is 9.43. The van der Waals surface area contributed by atoms with Crippen LogP contribution in [0, 0.1) is 12.1 Å². The topological polar surface area (TPSA) is 26.1 Å². The highest BCUT2D eigenvalue weighted by atomic mass is 35.5. The van der Waals surface area contributed by atoms with Crippen LogP contribution in [0.1, 0.15) is 11.1 Å². The summed E-state index contributed by atoms with van der Waals surface area (Å²) in [6, 6.07) is 14.7. The maximum absolute atomic E-state index is 11.9. The molecule has 0 N–H and O–H groups in total. The molecule has 0 aromatic heterocycles. The number of benzene rings is 2. The molecule has 0 aliphatic rings. The molecule has 0 aliphatic carbocycles. The third-order valence-corrected chi connectivity index (χ3v) is 3.00. The predicted octanol–water partition coefficient (Wildman–Crippen LogP) is 3.91. The zero-order valence-corrected chi connectivity index (χ0v) is 10.2. The van der Waals surface area contributed by atoms with Crippen LogP contribution in [-0.2, 0) is 0 Å². The summed E-state index contributed by atoms with van der Waals surface area (Å²) in [5.41, 5.74) is 2.28. The Morgan fingerprint density at radius 1 is 1.06 bits per heavy atom. The smallest absolute Gasteiger partial charge is 0.216 e. The molecule has 17 heavy (non-hydrogen) atoms. The summed E-state index contributed by atoms with van der Waals surface area (Å²) in [7, 11) is 0. The van der Waals surface area contributed by atoms with Crippen LogP contribution in [0.5, 0.6) is 0 Å². The summed E-state index contributed by atoms with van der Waals surface area (Å²) in [5.74, 6) is 0. The molecule has 0 aliphatic heterocycles. The average Bonchev–Trinajstić information content (AvgIpc) is 2.36. The second kappa shape index (κ2) is 5.02. The molecule has 2 aromatic rings. The fourth-order valence-corrected chi connectivity index (χ4v) is 1.72. The number of hydrogen-bond acceptors (Lipinski definition) is 1. The lowest BCUT2D eigenvalue weighted by Crippen LogP contribution is -1.99. The highest BCUT2D eigenvalue weighted by Gasteiger charge is 2.05. The number of para-hydroxylation sites is 1. The van der Waals surface area contributed by atoms with E-state index in [0.717, 1.165) is 15.9 Å². The molecule has 0 spiro atoms. The third kappa shape index (κ3) is 2.66. The molecular formula is C14H12ClNO. The van der Waals surface area contributed by atoms with Crippen LogP contribution in [-0.4, -0.2) is 11.0 Å². The first kappa shape index (κ1) is 11.7. The Morgan fingerprint density at radius 3 is 2.47 bits per heavy atom. The van der Waals surface area contributed by atoms with Gasteiger partial charge in [0.25, 0.3) is 0 Å². The molecule has 2 rings (SSSR count). The van der Waals surface area contributed by atoms with E-state index in [2.05, 4.69) is 0 Å². The van der Waals surface area contributed by atoms with E-state index in [1.54, 1.807) is 12.1 Å². The van der Waals surface area contributed by atoms with Gasteiger partial charge in [0.15, 0.2) is 6.21 Å². The average molecular weight is 246 g/mol. The predicted molar refractivity (Wildman–Crippen MR) is 71.1 cm³/mol. The summed E-state index contributed by atoms with van der Waals surface area (Å²) >= 11 is 6.13. The SMILES string of the molecule is Cc1cccc(C=[N+]([O-])c2ccccc2)c1Cl. The minimum absolute atomic E-state index is 0.588. The molecule has 0 fully saturated rings. The van der Waals surface area contributed by atoms with Gasteiger partial charge in [0.1, 0.15) is 0 Å². The van der Waals surface area contributed by atoms with Crippen molar-refractivity contribution in [1.82, 2.24) is 0 Å². The first-order valence-corrected chi connectivity index (χ1v) is 5.67. The van der Waals surface area contributed by atoms with Gasteiger partial charge in [-0.2, -0.15) is 4.74 Å². The molecule has 0 heterocycles. The second-order valence-electron chi connectivity index (χ2n) is 3.77. The summed E-state index contributed by atoms with van der Waals surface area (Å²) in [4.78, 5) is 0. The third-order valence-electron chi connectivity index (χ3n) is 2.49. The van der Waals surface area contributed by atoms with Crippen LogP contribution in [0.3, 0.4) is 0 Å². The van der Waals surface area contributed by atoms with E-state index in [9.17, 15) is 5.21 Å². The largest absolute Gasteiger partial charge is 0.618 e. The van der Waals surface area contributed by atoms with E-state index in [1.165, 1.54) is 6.21 Å². The molecule has 0 saturated carbocycles. The van der Waals surface area contributed by atoms with Crippen molar-refractivity contribution in [2.75, 3.05) is 0 Å². The van der Waals surface area contributed by atoms with Gasteiger partial charge in [0.2, 0.25) is 5.69 Å². The molecule has 0 radical (unpaired) electrons. The van der Waals surface area contributed by atoms with Crippen LogP contribution in [0.2, 0.25) is 5.02 Å². The van der Waals surface area contributed by atoms with Crippen LogP contribution >= 0.6 is 11.6 Å². The van der Waals surface area contributed by atoms with Crippen molar-refractivity contribution < 1.29 is 4.74 Å². The van der Waals surface area contributed by atoms with Crippen molar-refractivity contribution in [3.63, 3.8) is 0 Å². The lowest BCUT2D eigenvalue weighted by atomic mass is 10.1. The van der Waals surface area contributed by atoms with E-state index in [4.69, 9.17) is 11.6 Å². The summed E-state index contributed by atoms with van der Waals surface area (Å²) in [6.45, 7) is 1.91. The molecular weight excluding hydrogens is 234 g/mol. The van der Waals surface area contributed by atoms with E-state index in [0.29, 0.717) is 10.7 Å². The van der Waals surface area contributed by atoms with Crippen molar-refractivity contribution in [3.8, 4) is 0 Å². The Labute approximate surface area is 105 Å². The first-order chi connectivity index (χ1) is 8.18. The van der Waals surface area contributed by atoms with Crippen molar-refractivity contribution in [1.29, 1.82) is 0 Å². The van der Waals surface area contributed by atoms with E-state index >= 15 is 0 Å². The summed E-state index contributed by atoms with van der Waals surface area (Å²) < 4.78 is 0.820. The molecule has 3 heteroatoms. The van der Waals surface area contributed by atoms with Gasteiger partial charge < -0.3 is 5.21 Å². The number of hydrogen-bond donors (Lipinski definition) is 0. The van der Waals surface area contributed by atoms with E-state index < -0.39 is 0 Å². The van der Waals surface area contributed by atoms with Crippen molar-refractivity contribution in [2.24, 2.45) is 0 Å². The van der Waals surface area contributed by atoms with Gasteiger partial charge in [-0.1, -0.05) is 41.9 Å². The van der Waals surface area contributed by atoms with Gasteiger partial charge in [-0.3, -0.25) is 0 Å². The summed E-state index contributed by atoms with van der Waals surface area (Å²) in [5, 5.41) is 12.5. The molecule has 0 atom stereocenters. The molecule has 2 nitrogen and oxygen atoms in total. The lowest BCUT2D eigenvalue weighted by molar-refractivity contribution is -0.354. The van der Waals surface area contributed by atoms with Gasteiger partial charge in [-0.05, 0) is 18.6 Å². The van der Waals surface area contributed by atoms with Gasteiger partial charge >= 0.3 is 0 Å². The maximum atomic E-state index is 11.9. The van der Waals surface area contributed by atoms with E-state index in [1.807, 2.05) is 43.3 Å². The van der Waals surface area contributed by atoms with Crippen LogP contribution < -0.4 is 0 Å². The number of nitrogens with zero attached hydrogens (tertiary/aromatic N) is 1. The quantitative estimate of drug-likeness (QED) is 0.341. The minimum atomic E-state index is 0.588. The Morgan fingerprint density at radius 2 is 1.76 bits per heavy atom. The second-order valence-corrected chi connectivity index (χ2v) is 4.15. The van der Waals surface area contributed by atoms with Gasteiger partial charge in [-0.25, -0.2) is 0 Å². The molecule has 0 saturated heterocycles. The Kier molecular flexibility index (Phi) is 3.45.